The smallest absolute Gasteiger partial charge is 0.257 e. The number of fused-ring (bicyclic) bond motifs is 1. The molecule has 0 bridgehead atoms. The van der Waals surface area contributed by atoms with E-state index in [0.717, 1.165) is 0 Å². The van der Waals surface area contributed by atoms with E-state index in [1.165, 1.54) is 4.90 Å². The van der Waals surface area contributed by atoms with Crippen molar-refractivity contribution in [1.82, 2.24) is 4.90 Å². The molecule has 5 heteroatoms. The van der Waals surface area contributed by atoms with Crippen molar-refractivity contribution in [3.8, 4) is 0 Å². The molecular formula is C10H9BrN2O2. The zero-order valence-corrected chi connectivity index (χ0v) is 9.67. The zero-order chi connectivity index (χ0) is 11.0. The molecule has 15 heavy (non-hydrogen) atoms. The van der Waals surface area contributed by atoms with Crippen LogP contribution in [0.25, 0.3) is 0 Å². The van der Waals surface area contributed by atoms with Crippen molar-refractivity contribution in [3.63, 3.8) is 0 Å². The highest BCUT2D eigenvalue weighted by molar-refractivity contribution is 9.10. The summed E-state index contributed by atoms with van der Waals surface area (Å²) in [4.78, 5) is 24.7. The first-order chi connectivity index (χ1) is 7.09. The van der Waals surface area contributed by atoms with Crippen LogP contribution in [0.2, 0.25) is 0 Å². The Bertz CT molecular complexity index is 445. The zero-order valence-electron chi connectivity index (χ0n) is 8.08. The Morgan fingerprint density at radius 1 is 1.40 bits per heavy atom. The number of benzene rings is 1. The molecule has 0 atom stereocenters. The van der Waals surface area contributed by atoms with Crippen molar-refractivity contribution in [2.75, 3.05) is 18.9 Å². The molecule has 0 fully saturated rings. The van der Waals surface area contributed by atoms with Crippen LogP contribution in [0.15, 0.2) is 22.7 Å². The number of anilines is 1. The molecule has 2 rings (SSSR count). The molecule has 0 radical (unpaired) electrons. The summed E-state index contributed by atoms with van der Waals surface area (Å²) in [7, 11) is 1.61. The van der Waals surface area contributed by atoms with Crippen LogP contribution in [0.4, 0.5) is 5.69 Å². The fourth-order valence-electron chi connectivity index (χ4n) is 1.51. The summed E-state index contributed by atoms with van der Waals surface area (Å²) >= 11 is 3.31. The van der Waals surface area contributed by atoms with Crippen LogP contribution >= 0.6 is 15.9 Å². The van der Waals surface area contributed by atoms with Gasteiger partial charge in [-0.05, 0) is 28.1 Å². The van der Waals surface area contributed by atoms with Gasteiger partial charge in [-0.1, -0.05) is 6.07 Å². The summed E-state index contributed by atoms with van der Waals surface area (Å²) in [6, 6.07) is 5.28. The number of nitrogens with zero attached hydrogens (tertiary/aromatic N) is 1. The molecule has 4 nitrogen and oxygen atoms in total. The van der Waals surface area contributed by atoms with E-state index in [1.54, 1.807) is 25.2 Å². The van der Waals surface area contributed by atoms with Gasteiger partial charge in [0.05, 0.1) is 17.8 Å². The van der Waals surface area contributed by atoms with Gasteiger partial charge >= 0.3 is 0 Å². The summed E-state index contributed by atoms with van der Waals surface area (Å²) in [6.45, 7) is 0.0833. The van der Waals surface area contributed by atoms with E-state index in [1.807, 2.05) is 0 Å². The fourth-order valence-corrected chi connectivity index (χ4v) is 2.05. The minimum Gasteiger partial charge on any atom is -0.332 e. The average molecular weight is 269 g/mol. The van der Waals surface area contributed by atoms with Crippen molar-refractivity contribution in [2.24, 2.45) is 0 Å². The van der Waals surface area contributed by atoms with Crippen LogP contribution in [0, 0.1) is 0 Å². The van der Waals surface area contributed by atoms with Gasteiger partial charge in [0, 0.05) is 11.5 Å². The molecule has 0 unspecified atom stereocenters. The Hall–Kier alpha value is -1.36. The SMILES string of the molecule is CN1CC(=O)Nc2cccc(Br)c2C1=O. The van der Waals surface area contributed by atoms with Gasteiger partial charge in [0.1, 0.15) is 0 Å². The lowest BCUT2D eigenvalue weighted by Gasteiger charge is -2.13. The van der Waals surface area contributed by atoms with Crippen molar-refractivity contribution >= 4 is 33.4 Å². The number of carbonyl (C=O) groups is 2. The predicted octanol–water partition coefficient (Wildman–Crippen LogP) is 1.47. The minimum absolute atomic E-state index is 0.0833. The third kappa shape index (κ3) is 1.74. The summed E-state index contributed by atoms with van der Waals surface area (Å²) in [5, 5.41) is 2.69. The quantitative estimate of drug-likeness (QED) is 0.775. The van der Waals surface area contributed by atoms with Gasteiger partial charge in [-0.15, -0.1) is 0 Å². The lowest BCUT2D eigenvalue weighted by molar-refractivity contribution is -0.116. The highest BCUT2D eigenvalue weighted by Gasteiger charge is 2.25. The summed E-state index contributed by atoms with van der Waals surface area (Å²) in [6.07, 6.45) is 0. The molecule has 2 amide bonds. The largest absolute Gasteiger partial charge is 0.332 e. The predicted molar refractivity (Wildman–Crippen MR) is 59.7 cm³/mol. The average Bonchev–Trinajstić information content (AvgIpc) is 2.26. The lowest BCUT2D eigenvalue weighted by Crippen LogP contribution is -2.31. The molecule has 0 aromatic heterocycles. The number of amides is 2. The van der Waals surface area contributed by atoms with Gasteiger partial charge in [0.25, 0.3) is 5.91 Å². The molecule has 1 heterocycles. The van der Waals surface area contributed by atoms with Crippen LogP contribution in [0.1, 0.15) is 10.4 Å². The Labute approximate surface area is 95.4 Å². The molecule has 78 valence electrons. The summed E-state index contributed by atoms with van der Waals surface area (Å²) in [5.41, 5.74) is 1.06. The van der Waals surface area contributed by atoms with E-state index < -0.39 is 0 Å². The number of likely N-dealkylation sites (N-methyl/N-ethyl adjacent to an activating group) is 1. The third-order valence-electron chi connectivity index (χ3n) is 2.23. The van der Waals surface area contributed by atoms with Crippen molar-refractivity contribution < 1.29 is 9.59 Å². The first kappa shape index (κ1) is 10.2. The van der Waals surface area contributed by atoms with E-state index in [2.05, 4.69) is 21.2 Å². The second-order valence-corrected chi connectivity index (χ2v) is 4.23. The van der Waals surface area contributed by atoms with Crippen molar-refractivity contribution in [3.05, 3.63) is 28.2 Å². The maximum Gasteiger partial charge on any atom is 0.257 e. The molecular weight excluding hydrogens is 260 g/mol. The molecule has 1 N–H and O–H groups in total. The van der Waals surface area contributed by atoms with Gasteiger partial charge in [-0.2, -0.15) is 0 Å². The molecule has 0 spiro atoms. The van der Waals surface area contributed by atoms with Gasteiger partial charge in [0.15, 0.2) is 0 Å². The number of halogens is 1. The van der Waals surface area contributed by atoms with Crippen LogP contribution in [0.3, 0.4) is 0 Å². The highest BCUT2D eigenvalue weighted by Crippen LogP contribution is 2.27. The second kappa shape index (κ2) is 3.66. The van der Waals surface area contributed by atoms with Gasteiger partial charge in [-0.25, -0.2) is 0 Å². The van der Waals surface area contributed by atoms with Crippen LogP contribution in [-0.2, 0) is 4.79 Å². The number of rotatable bonds is 0. The molecule has 0 saturated heterocycles. The third-order valence-corrected chi connectivity index (χ3v) is 2.89. The summed E-state index contributed by atoms with van der Waals surface area (Å²) in [5.74, 6) is -0.335. The van der Waals surface area contributed by atoms with E-state index in [4.69, 9.17) is 0 Å². The topological polar surface area (TPSA) is 49.4 Å². The number of hydrogen-bond donors (Lipinski definition) is 1. The van der Waals surface area contributed by atoms with E-state index in [9.17, 15) is 9.59 Å². The Kier molecular flexibility index (Phi) is 2.48. The number of hydrogen-bond acceptors (Lipinski definition) is 2. The molecule has 0 aliphatic carbocycles. The molecule has 1 aliphatic heterocycles. The van der Waals surface area contributed by atoms with Crippen LogP contribution in [0.5, 0.6) is 0 Å². The number of carbonyl (C=O) groups excluding carboxylic acids is 2. The monoisotopic (exact) mass is 268 g/mol. The summed E-state index contributed by atoms with van der Waals surface area (Å²) < 4.78 is 0.694. The van der Waals surface area contributed by atoms with Crippen molar-refractivity contribution in [2.45, 2.75) is 0 Å². The standard InChI is InChI=1S/C10H9BrN2O2/c1-13-5-8(14)12-7-4-2-3-6(11)9(7)10(13)15/h2-4H,5H2,1H3,(H,12,14). The molecule has 0 saturated carbocycles. The first-order valence-corrected chi connectivity index (χ1v) is 5.22. The van der Waals surface area contributed by atoms with E-state index in [-0.39, 0.29) is 18.4 Å². The Morgan fingerprint density at radius 2 is 2.13 bits per heavy atom. The highest BCUT2D eigenvalue weighted by atomic mass is 79.9. The maximum absolute atomic E-state index is 11.9. The van der Waals surface area contributed by atoms with Crippen LogP contribution in [-0.4, -0.2) is 30.3 Å². The second-order valence-electron chi connectivity index (χ2n) is 3.37. The maximum atomic E-state index is 11.9. The van der Waals surface area contributed by atoms with Crippen molar-refractivity contribution in [1.29, 1.82) is 0 Å². The molecule has 1 aromatic carbocycles. The molecule has 1 aliphatic rings. The van der Waals surface area contributed by atoms with Gasteiger partial charge < -0.3 is 10.2 Å². The normalized spacial score (nSPS) is 15.7. The number of nitrogens with one attached hydrogen (secondary N) is 1. The minimum atomic E-state index is -0.178. The Morgan fingerprint density at radius 3 is 2.87 bits per heavy atom. The Balaban J connectivity index is 2.60. The van der Waals surface area contributed by atoms with Gasteiger partial charge in [0.2, 0.25) is 5.91 Å². The molecule has 1 aromatic rings. The van der Waals surface area contributed by atoms with Gasteiger partial charge in [-0.3, -0.25) is 9.59 Å². The first-order valence-electron chi connectivity index (χ1n) is 4.43. The van der Waals surface area contributed by atoms with E-state index >= 15 is 0 Å². The van der Waals surface area contributed by atoms with E-state index in [0.29, 0.717) is 15.7 Å². The van der Waals surface area contributed by atoms with Crippen LogP contribution < -0.4 is 5.32 Å². The lowest BCUT2D eigenvalue weighted by atomic mass is 10.1. The fraction of sp³-hybridized carbons (Fsp3) is 0.200.